The van der Waals surface area contributed by atoms with Crippen LogP contribution >= 0.6 is 11.8 Å². The van der Waals surface area contributed by atoms with Crippen LogP contribution in [0.5, 0.6) is 0 Å². The van der Waals surface area contributed by atoms with Gasteiger partial charge in [-0.05, 0) is 45.0 Å². The average molecular weight is 399 g/mol. The number of nitrogens with one attached hydrogen (secondary N) is 1. The molecule has 1 aromatic carbocycles. The summed E-state index contributed by atoms with van der Waals surface area (Å²) in [6.45, 7) is 10.5. The third-order valence-electron chi connectivity index (χ3n) is 4.17. The molecule has 0 saturated carbocycles. The van der Waals surface area contributed by atoms with Crippen LogP contribution in [-0.4, -0.2) is 26.2 Å². The highest BCUT2D eigenvalue weighted by atomic mass is 32.2. The van der Waals surface area contributed by atoms with Crippen LogP contribution in [0.4, 0.5) is 5.69 Å². The van der Waals surface area contributed by atoms with Crippen LogP contribution in [0.15, 0.2) is 52.4 Å². The zero-order valence-electron chi connectivity index (χ0n) is 16.9. The fourth-order valence-electron chi connectivity index (χ4n) is 2.62. The van der Waals surface area contributed by atoms with Crippen LogP contribution in [0, 0.1) is 0 Å². The van der Waals surface area contributed by atoms with Gasteiger partial charge in [-0.1, -0.05) is 25.6 Å². The van der Waals surface area contributed by atoms with Crippen LogP contribution in [-0.2, 0) is 10.3 Å². The molecule has 0 atom stereocenters. The Hall–Kier alpha value is -2.54. The van der Waals surface area contributed by atoms with E-state index >= 15 is 0 Å². The van der Waals surface area contributed by atoms with E-state index in [4.69, 9.17) is 4.42 Å². The van der Waals surface area contributed by atoms with Crippen molar-refractivity contribution < 1.29 is 9.21 Å². The van der Waals surface area contributed by atoms with Gasteiger partial charge in [0.2, 0.25) is 11.8 Å². The minimum absolute atomic E-state index is 0.0690. The van der Waals surface area contributed by atoms with Crippen LogP contribution < -0.4 is 5.32 Å². The Morgan fingerprint density at radius 2 is 1.93 bits per heavy atom. The lowest BCUT2D eigenvalue weighted by Gasteiger charge is -2.22. The molecule has 0 unspecified atom stereocenters. The van der Waals surface area contributed by atoms with Crippen molar-refractivity contribution in [1.29, 1.82) is 0 Å². The van der Waals surface area contributed by atoms with Crippen molar-refractivity contribution >= 4 is 23.4 Å². The molecule has 0 saturated heterocycles. The summed E-state index contributed by atoms with van der Waals surface area (Å²) in [7, 11) is 0. The molecule has 148 valence electrons. The van der Waals surface area contributed by atoms with E-state index in [0.29, 0.717) is 17.6 Å². The van der Waals surface area contributed by atoms with E-state index in [1.165, 1.54) is 11.8 Å². The van der Waals surface area contributed by atoms with E-state index in [9.17, 15) is 4.79 Å². The molecular weight excluding hydrogens is 372 g/mol. The molecule has 2 heterocycles. The SMILES string of the molecule is CC(C)c1cnc(-c2ccc(NC(=O)CSc3nccn3C(C)(C)C)cc2)o1. The maximum absolute atomic E-state index is 12.3. The zero-order chi connectivity index (χ0) is 20.3. The first-order chi connectivity index (χ1) is 13.2. The normalized spacial score (nSPS) is 11.8. The number of oxazole rings is 1. The Morgan fingerprint density at radius 3 is 2.54 bits per heavy atom. The van der Waals surface area contributed by atoms with E-state index in [1.807, 2.05) is 30.5 Å². The number of anilines is 1. The molecule has 0 bridgehead atoms. The van der Waals surface area contributed by atoms with Gasteiger partial charge in [0.15, 0.2) is 5.16 Å². The number of amides is 1. The van der Waals surface area contributed by atoms with Crippen molar-refractivity contribution in [2.45, 2.75) is 51.2 Å². The molecule has 0 aliphatic rings. The van der Waals surface area contributed by atoms with Gasteiger partial charge in [-0.2, -0.15) is 0 Å². The highest BCUT2D eigenvalue weighted by Crippen LogP contribution is 2.26. The number of rotatable bonds is 6. The minimum atomic E-state index is -0.0700. The molecule has 0 fully saturated rings. The number of thioether (sulfide) groups is 1. The molecule has 3 aromatic rings. The van der Waals surface area contributed by atoms with Crippen LogP contribution in [0.2, 0.25) is 0 Å². The predicted octanol–water partition coefficient (Wildman–Crippen LogP) is 5.15. The van der Waals surface area contributed by atoms with Gasteiger partial charge in [0.1, 0.15) is 5.76 Å². The fourth-order valence-corrected chi connectivity index (χ4v) is 3.56. The van der Waals surface area contributed by atoms with Gasteiger partial charge < -0.3 is 14.3 Å². The second-order valence-corrected chi connectivity index (χ2v) is 8.83. The van der Waals surface area contributed by atoms with E-state index in [2.05, 4.69) is 54.5 Å². The standard InChI is InChI=1S/C21H26N4O2S/c1-14(2)17-12-23-19(27-17)15-6-8-16(9-7-15)24-18(26)13-28-20-22-10-11-25(20)21(3,4)5/h6-12,14H,13H2,1-5H3,(H,24,26). The molecule has 1 N–H and O–H groups in total. The maximum atomic E-state index is 12.3. The smallest absolute Gasteiger partial charge is 0.234 e. The average Bonchev–Trinajstić information content (AvgIpc) is 3.30. The molecule has 7 heteroatoms. The summed E-state index contributed by atoms with van der Waals surface area (Å²) in [5.74, 6) is 1.97. The highest BCUT2D eigenvalue weighted by Gasteiger charge is 2.18. The van der Waals surface area contributed by atoms with E-state index in [1.54, 1.807) is 12.4 Å². The van der Waals surface area contributed by atoms with E-state index < -0.39 is 0 Å². The third kappa shape index (κ3) is 4.84. The second kappa shape index (κ2) is 8.22. The molecule has 0 aliphatic heterocycles. The molecule has 0 aliphatic carbocycles. The molecule has 0 radical (unpaired) electrons. The van der Waals surface area contributed by atoms with E-state index in [0.717, 1.165) is 22.2 Å². The fraction of sp³-hybridized carbons (Fsp3) is 0.381. The van der Waals surface area contributed by atoms with Crippen molar-refractivity contribution in [3.8, 4) is 11.5 Å². The van der Waals surface area contributed by atoms with Crippen molar-refractivity contribution in [3.05, 3.63) is 48.6 Å². The van der Waals surface area contributed by atoms with Crippen molar-refractivity contribution in [1.82, 2.24) is 14.5 Å². The molecule has 3 rings (SSSR count). The largest absolute Gasteiger partial charge is 0.441 e. The summed E-state index contributed by atoms with van der Waals surface area (Å²) in [6, 6.07) is 7.50. The number of hydrogen-bond donors (Lipinski definition) is 1. The Labute approximate surface area is 169 Å². The summed E-state index contributed by atoms with van der Waals surface area (Å²) in [5, 5.41) is 3.75. The number of carbonyl (C=O) groups excluding carboxylic acids is 1. The van der Waals surface area contributed by atoms with Gasteiger partial charge in [0.25, 0.3) is 0 Å². The topological polar surface area (TPSA) is 73.0 Å². The summed E-state index contributed by atoms with van der Waals surface area (Å²) in [4.78, 5) is 21.0. The number of benzene rings is 1. The molecule has 28 heavy (non-hydrogen) atoms. The van der Waals surface area contributed by atoms with Crippen molar-refractivity contribution in [2.75, 3.05) is 11.1 Å². The van der Waals surface area contributed by atoms with Gasteiger partial charge in [-0.15, -0.1) is 0 Å². The molecule has 6 nitrogen and oxygen atoms in total. The number of nitrogens with zero attached hydrogens (tertiary/aromatic N) is 3. The summed E-state index contributed by atoms with van der Waals surface area (Å²) in [6.07, 6.45) is 5.46. The van der Waals surface area contributed by atoms with Gasteiger partial charge in [0.05, 0.1) is 11.9 Å². The molecule has 1 amide bonds. The van der Waals surface area contributed by atoms with Crippen LogP contribution in [0.3, 0.4) is 0 Å². The van der Waals surface area contributed by atoms with Gasteiger partial charge in [-0.25, -0.2) is 9.97 Å². The molecular formula is C21H26N4O2S. The number of imidazole rings is 1. The van der Waals surface area contributed by atoms with Crippen molar-refractivity contribution in [2.24, 2.45) is 0 Å². The summed E-state index contributed by atoms with van der Waals surface area (Å²) >= 11 is 1.43. The third-order valence-corrected chi connectivity index (χ3v) is 5.14. The maximum Gasteiger partial charge on any atom is 0.234 e. The summed E-state index contributed by atoms with van der Waals surface area (Å²) < 4.78 is 7.83. The number of carbonyl (C=O) groups is 1. The molecule has 2 aromatic heterocycles. The van der Waals surface area contributed by atoms with Gasteiger partial charge >= 0.3 is 0 Å². The van der Waals surface area contributed by atoms with Gasteiger partial charge in [-0.3, -0.25) is 4.79 Å². The Bertz CT molecular complexity index is 936. The van der Waals surface area contributed by atoms with E-state index in [-0.39, 0.29) is 11.4 Å². The first-order valence-corrected chi connectivity index (χ1v) is 10.3. The first kappa shape index (κ1) is 20.2. The predicted molar refractivity (Wildman–Crippen MR) is 113 cm³/mol. The lowest BCUT2D eigenvalue weighted by Crippen LogP contribution is -2.22. The summed E-state index contributed by atoms with van der Waals surface area (Å²) in [5.41, 5.74) is 1.55. The lowest BCUT2D eigenvalue weighted by molar-refractivity contribution is -0.113. The Morgan fingerprint density at radius 1 is 1.21 bits per heavy atom. The Balaban J connectivity index is 1.58. The highest BCUT2D eigenvalue weighted by molar-refractivity contribution is 7.99. The number of hydrogen-bond acceptors (Lipinski definition) is 5. The minimum Gasteiger partial charge on any atom is -0.441 e. The van der Waals surface area contributed by atoms with Crippen LogP contribution in [0.1, 0.15) is 46.3 Å². The quantitative estimate of drug-likeness (QED) is 0.582. The second-order valence-electron chi connectivity index (χ2n) is 7.89. The van der Waals surface area contributed by atoms with Crippen molar-refractivity contribution in [3.63, 3.8) is 0 Å². The lowest BCUT2D eigenvalue weighted by atomic mass is 10.1. The first-order valence-electron chi connectivity index (χ1n) is 9.26. The van der Waals surface area contributed by atoms with Gasteiger partial charge in [0, 0.05) is 35.1 Å². The zero-order valence-corrected chi connectivity index (χ0v) is 17.7. The Kier molecular flexibility index (Phi) is 5.93. The molecule has 0 spiro atoms. The number of aromatic nitrogens is 3. The monoisotopic (exact) mass is 398 g/mol. The van der Waals surface area contributed by atoms with Crippen LogP contribution in [0.25, 0.3) is 11.5 Å².